The lowest BCUT2D eigenvalue weighted by molar-refractivity contribution is -0.139. The largest absolute Gasteiger partial charge is 0.506 e. The molecule has 136 valence electrons. The average Bonchev–Trinajstić information content (AvgIpc) is 3.23. The number of aromatic nitrogens is 2. The van der Waals surface area contributed by atoms with Crippen LogP contribution in [0.5, 0.6) is 0 Å². The number of aliphatic hydroxyl groups is 1. The highest BCUT2D eigenvalue weighted by molar-refractivity contribution is 6.30. The number of carbonyl (C=O) groups is 1. The summed E-state index contributed by atoms with van der Waals surface area (Å²) in [4.78, 5) is 12.5. The van der Waals surface area contributed by atoms with Crippen molar-refractivity contribution >= 4 is 23.3 Å². The van der Waals surface area contributed by atoms with Gasteiger partial charge < -0.3 is 9.84 Å². The number of halogens is 1. The van der Waals surface area contributed by atoms with Gasteiger partial charge in [-0.15, -0.1) is 0 Å². The lowest BCUT2D eigenvalue weighted by Gasteiger charge is -2.09. The first-order valence-electron chi connectivity index (χ1n) is 8.62. The molecule has 0 saturated carbocycles. The first-order chi connectivity index (χ1) is 13.1. The second-order valence-electron chi connectivity index (χ2n) is 6.22. The zero-order chi connectivity index (χ0) is 19.0. The number of aliphatic hydroxyl groups excluding tert-OH is 1. The summed E-state index contributed by atoms with van der Waals surface area (Å²) in [7, 11) is 0. The highest BCUT2D eigenvalue weighted by Gasteiger charge is 2.38. The van der Waals surface area contributed by atoms with E-state index < -0.39 is 12.1 Å². The van der Waals surface area contributed by atoms with Crippen molar-refractivity contribution in [2.75, 3.05) is 0 Å². The molecule has 0 amide bonds. The van der Waals surface area contributed by atoms with E-state index >= 15 is 0 Å². The van der Waals surface area contributed by atoms with E-state index in [-0.39, 0.29) is 11.5 Å². The van der Waals surface area contributed by atoms with Crippen LogP contribution in [0.2, 0.25) is 5.02 Å². The van der Waals surface area contributed by atoms with E-state index in [1.807, 2.05) is 43.3 Å². The number of esters is 1. The molecule has 1 aliphatic heterocycles. The standard InChI is InChI=1S/C21H17ClN2O3/c1-2-16-12-17(13-8-10-15(22)11-9-13)23-24(16)18-19(25)20(27-21(18)26)14-6-4-3-5-7-14/h3-12,20,25H,2H2,1H3. The number of aryl methyl sites for hydroxylation is 1. The van der Waals surface area contributed by atoms with Gasteiger partial charge in [0.2, 0.25) is 0 Å². The number of cyclic esters (lactones) is 1. The number of nitrogens with zero attached hydrogens (tertiary/aromatic N) is 2. The summed E-state index contributed by atoms with van der Waals surface area (Å²) < 4.78 is 6.89. The molecule has 4 rings (SSSR count). The Kier molecular flexibility index (Phi) is 4.46. The molecule has 0 aliphatic carbocycles. The monoisotopic (exact) mass is 380 g/mol. The molecule has 5 nitrogen and oxygen atoms in total. The minimum atomic E-state index is -0.818. The van der Waals surface area contributed by atoms with Gasteiger partial charge in [0.05, 0.1) is 5.69 Å². The van der Waals surface area contributed by atoms with Crippen LogP contribution in [-0.4, -0.2) is 20.9 Å². The number of hydrogen-bond donors (Lipinski definition) is 1. The molecule has 0 radical (unpaired) electrons. The van der Waals surface area contributed by atoms with E-state index in [9.17, 15) is 9.90 Å². The Balaban J connectivity index is 1.79. The van der Waals surface area contributed by atoms with Crippen LogP contribution in [0, 0.1) is 0 Å². The van der Waals surface area contributed by atoms with E-state index in [2.05, 4.69) is 5.10 Å². The SMILES string of the molecule is CCc1cc(-c2ccc(Cl)cc2)nn1C1=C(O)C(c2ccccc2)OC1=O. The summed E-state index contributed by atoms with van der Waals surface area (Å²) in [6, 6.07) is 18.3. The molecule has 1 unspecified atom stereocenters. The minimum Gasteiger partial charge on any atom is -0.506 e. The zero-order valence-electron chi connectivity index (χ0n) is 14.6. The Labute approximate surface area is 161 Å². The maximum absolute atomic E-state index is 12.5. The van der Waals surface area contributed by atoms with Gasteiger partial charge in [-0.25, -0.2) is 9.48 Å². The number of hydrogen-bond acceptors (Lipinski definition) is 4. The molecule has 0 saturated heterocycles. The van der Waals surface area contributed by atoms with Crippen molar-refractivity contribution in [2.45, 2.75) is 19.4 Å². The second kappa shape index (κ2) is 6.93. The van der Waals surface area contributed by atoms with Gasteiger partial charge in [0.1, 0.15) is 0 Å². The van der Waals surface area contributed by atoms with Crippen LogP contribution in [0.3, 0.4) is 0 Å². The lowest BCUT2D eigenvalue weighted by atomic mass is 10.1. The molecule has 6 heteroatoms. The third kappa shape index (κ3) is 3.11. The Bertz CT molecular complexity index is 1020. The Hall–Kier alpha value is -3.05. The van der Waals surface area contributed by atoms with Crippen molar-refractivity contribution < 1.29 is 14.6 Å². The molecule has 0 bridgehead atoms. The van der Waals surface area contributed by atoms with Crippen molar-refractivity contribution in [3.05, 3.63) is 82.7 Å². The minimum absolute atomic E-state index is 0.0564. The number of benzene rings is 2. The Morgan fingerprint density at radius 3 is 2.52 bits per heavy atom. The lowest BCUT2D eigenvalue weighted by Crippen LogP contribution is -2.11. The first-order valence-corrected chi connectivity index (χ1v) is 9.00. The molecule has 1 aromatic heterocycles. The number of carbonyl (C=O) groups excluding carboxylic acids is 1. The normalized spacial score (nSPS) is 16.7. The summed E-state index contributed by atoms with van der Waals surface area (Å²) in [5, 5.41) is 15.9. The molecule has 0 spiro atoms. The van der Waals surface area contributed by atoms with Gasteiger partial charge in [0.15, 0.2) is 17.6 Å². The first kappa shape index (κ1) is 17.4. The van der Waals surface area contributed by atoms with Crippen molar-refractivity contribution in [2.24, 2.45) is 0 Å². The summed E-state index contributed by atoms with van der Waals surface area (Å²) in [6.07, 6.45) is -0.178. The fraction of sp³-hybridized carbons (Fsp3) is 0.143. The fourth-order valence-electron chi connectivity index (χ4n) is 3.12. The molecule has 2 heterocycles. The van der Waals surface area contributed by atoms with Crippen molar-refractivity contribution in [1.82, 2.24) is 9.78 Å². The van der Waals surface area contributed by atoms with Crippen LogP contribution in [0.15, 0.2) is 66.4 Å². The molecular formula is C21H17ClN2O3. The van der Waals surface area contributed by atoms with Gasteiger partial charge in [-0.1, -0.05) is 61.0 Å². The number of ether oxygens (including phenoxy) is 1. The van der Waals surface area contributed by atoms with Gasteiger partial charge in [0.25, 0.3) is 0 Å². The van der Waals surface area contributed by atoms with Gasteiger partial charge in [-0.3, -0.25) is 0 Å². The van der Waals surface area contributed by atoms with E-state index in [0.717, 1.165) is 11.3 Å². The van der Waals surface area contributed by atoms with Crippen LogP contribution >= 0.6 is 11.6 Å². The quantitative estimate of drug-likeness (QED) is 0.661. The predicted octanol–water partition coefficient (Wildman–Crippen LogP) is 4.79. The van der Waals surface area contributed by atoms with Crippen LogP contribution in [0.1, 0.15) is 24.3 Å². The van der Waals surface area contributed by atoms with Crippen LogP contribution in [0.25, 0.3) is 17.0 Å². The van der Waals surface area contributed by atoms with Gasteiger partial charge in [0, 0.05) is 21.8 Å². The molecule has 1 aliphatic rings. The fourth-order valence-corrected chi connectivity index (χ4v) is 3.25. The van der Waals surface area contributed by atoms with Crippen molar-refractivity contribution in [3.8, 4) is 11.3 Å². The van der Waals surface area contributed by atoms with Crippen LogP contribution in [-0.2, 0) is 16.0 Å². The highest BCUT2D eigenvalue weighted by Crippen LogP contribution is 2.36. The molecule has 1 N–H and O–H groups in total. The smallest absolute Gasteiger partial charge is 0.361 e. The summed E-state index contributed by atoms with van der Waals surface area (Å²) in [5.74, 6) is -0.728. The summed E-state index contributed by atoms with van der Waals surface area (Å²) in [6.45, 7) is 1.96. The van der Waals surface area contributed by atoms with Crippen molar-refractivity contribution in [3.63, 3.8) is 0 Å². The van der Waals surface area contributed by atoms with Crippen molar-refractivity contribution in [1.29, 1.82) is 0 Å². The van der Waals surface area contributed by atoms with E-state index in [0.29, 0.717) is 22.7 Å². The van der Waals surface area contributed by atoms with E-state index in [1.165, 1.54) is 4.68 Å². The van der Waals surface area contributed by atoms with E-state index in [4.69, 9.17) is 16.3 Å². The maximum atomic E-state index is 12.5. The van der Waals surface area contributed by atoms with Gasteiger partial charge in [-0.2, -0.15) is 5.10 Å². The van der Waals surface area contributed by atoms with Gasteiger partial charge >= 0.3 is 5.97 Å². The summed E-state index contributed by atoms with van der Waals surface area (Å²) >= 11 is 5.95. The van der Waals surface area contributed by atoms with Crippen LogP contribution in [0.4, 0.5) is 0 Å². The molecule has 1 atom stereocenters. The van der Waals surface area contributed by atoms with E-state index in [1.54, 1.807) is 24.3 Å². The third-order valence-corrected chi connectivity index (χ3v) is 4.76. The zero-order valence-corrected chi connectivity index (χ0v) is 15.3. The molecular weight excluding hydrogens is 364 g/mol. The van der Waals surface area contributed by atoms with Crippen LogP contribution < -0.4 is 0 Å². The molecule has 2 aromatic carbocycles. The maximum Gasteiger partial charge on any atom is 0.361 e. The highest BCUT2D eigenvalue weighted by atomic mass is 35.5. The third-order valence-electron chi connectivity index (χ3n) is 4.51. The number of rotatable bonds is 4. The van der Waals surface area contributed by atoms with Gasteiger partial charge in [-0.05, 0) is 24.6 Å². The molecule has 0 fully saturated rings. The molecule has 3 aromatic rings. The Morgan fingerprint density at radius 1 is 1.15 bits per heavy atom. The Morgan fingerprint density at radius 2 is 1.85 bits per heavy atom. The average molecular weight is 381 g/mol. The second-order valence-corrected chi connectivity index (χ2v) is 6.66. The molecule has 27 heavy (non-hydrogen) atoms. The topological polar surface area (TPSA) is 64.3 Å². The summed E-state index contributed by atoms with van der Waals surface area (Å²) in [5.41, 5.74) is 3.13. The predicted molar refractivity (Wildman–Crippen MR) is 103 cm³/mol.